The Bertz CT molecular complexity index is 2030. The molecule has 69 heavy (non-hydrogen) atoms. The van der Waals surface area contributed by atoms with Gasteiger partial charge in [0.25, 0.3) is 0 Å². The lowest BCUT2D eigenvalue weighted by Gasteiger charge is -2.30. The molecule has 400 valence electrons. The van der Waals surface area contributed by atoms with Crippen LogP contribution in [-0.2, 0) is 50.7 Å². The van der Waals surface area contributed by atoms with E-state index in [0.717, 1.165) is 61.1 Å². The summed E-state index contributed by atoms with van der Waals surface area (Å²) in [4.78, 5) is 88.3. The summed E-state index contributed by atoms with van der Waals surface area (Å²) in [5.74, 6) is -1.03. The largest absolute Gasteiger partial charge is 0.481 e. The number of amides is 2. The van der Waals surface area contributed by atoms with E-state index in [9.17, 15) is 57.9 Å². The molecule has 2 aromatic heterocycles. The van der Waals surface area contributed by atoms with Gasteiger partial charge in [-0.3, -0.25) is 32.5 Å². The van der Waals surface area contributed by atoms with Crippen molar-refractivity contribution in [2.24, 2.45) is 5.41 Å². The predicted molar refractivity (Wildman–Crippen MR) is 257 cm³/mol. The number of nitrogens with two attached hydrogens (primary N) is 1. The Morgan fingerprint density at radius 2 is 1.49 bits per heavy atom. The summed E-state index contributed by atoms with van der Waals surface area (Å²) in [5.41, 5.74) is 4.28. The summed E-state index contributed by atoms with van der Waals surface area (Å²) in [6, 6.07) is 0. The Labute approximate surface area is 406 Å². The number of aliphatic hydroxyl groups excluding tert-OH is 2. The lowest BCUT2D eigenvalue weighted by atomic mass is 9.87. The zero-order valence-electron chi connectivity index (χ0n) is 39.5. The van der Waals surface area contributed by atoms with Crippen LogP contribution in [0.25, 0.3) is 11.2 Å². The zero-order chi connectivity index (χ0) is 49.0. The number of unbranched alkanes of at least 4 members (excludes halogenated alkanes) is 10. The molecule has 3 heterocycles. The third-order valence-electron chi connectivity index (χ3n) is 10.2. The maximum atomic E-state index is 12.7. The number of allylic oxidation sites excluding steroid dienone is 2. The second-order valence-electron chi connectivity index (χ2n) is 16.3. The number of carbonyl (C=O) groups is 3. The number of phosphoric acid groups is 3. The van der Waals surface area contributed by atoms with Gasteiger partial charge in [-0.05, 0) is 32.1 Å². The molecule has 3 rings (SSSR count). The molecule has 19 N–H and O–H groups in total. The summed E-state index contributed by atoms with van der Waals surface area (Å²) in [6.45, 7) is 2.78. The number of aromatic nitrogens is 4. The summed E-state index contributed by atoms with van der Waals surface area (Å²) < 4.78 is 62.4. The van der Waals surface area contributed by atoms with Crippen LogP contribution in [-0.4, -0.2) is 123 Å². The van der Waals surface area contributed by atoms with Gasteiger partial charge in [-0.25, -0.2) is 28.6 Å². The fourth-order valence-electron chi connectivity index (χ4n) is 6.53. The standard InChI is InChI=1S/C38H66N7O17P3S.3H3N/c1-4-5-6-7-8-9-10-11-12-13-14-15-16-17-18-29(47)66-22-21-40-28(46)19-20-41-36(50)33(49)38(2,3)24-59-65(56,57)62-64(54,55)58-23-27-32(61-63(51,52)53)31(48)37(60-27)45-26-44-30-34(39)42-25-43-35(30)45;;;/h9-10,25-27,31-33,37,48-49H,4-8,11-24H2,1-3H3,(H,40,46)(H,41,50)(H,54,55)(H,56,57)(H2,39,42,43)(H2,51,52,53);3*1H3/b10-9-;;;/t27-,31+,32?,33+,37-;;;/m1.../s1. The smallest absolute Gasteiger partial charge is 0.386 e. The molecule has 1 aliphatic heterocycles. The molecule has 7 atom stereocenters. The molecule has 1 saturated heterocycles. The number of phosphoric ester groups is 3. The van der Waals surface area contributed by atoms with Gasteiger partial charge in [-0.15, -0.1) is 0 Å². The number of nitrogens with zero attached hydrogens (tertiary/aromatic N) is 4. The van der Waals surface area contributed by atoms with Gasteiger partial charge in [0.15, 0.2) is 22.8 Å². The zero-order valence-corrected chi connectivity index (χ0v) is 43.0. The molecule has 31 heteroatoms. The molecule has 3 unspecified atom stereocenters. The summed E-state index contributed by atoms with van der Waals surface area (Å²) in [5, 5.41) is 26.6. The van der Waals surface area contributed by atoms with Crippen LogP contribution in [0.4, 0.5) is 5.82 Å². The number of thioether (sulfide) groups is 1. The van der Waals surface area contributed by atoms with Crippen LogP contribution in [0.2, 0.25) is 0 Å². The van der Waals surface area contributed by atoms with Gasteiger partial charge in [0.1, 0.15) is 36.3 Å². The molecule has 27 nitrogen and oxygen atoms in total. The SMILES string of the molecule is CCCCCC/C=C\CCCCCCCCC(=O)SCCNC(=O)CCNC(=O)[C@H](O)C(C)(C)COP(=O)(O)OP(=O)(O)OC[C@H]1O[C@@H](n2cnc3c(N)ncnc32)[C@@H](O)C1OP(=O)(O)O.N.N.N. The summed E-state index contributed by atoms with van der Waals surface area (Å²) >= 11 is 1.15. The fourth-order valence-corrected chi connectivity index (χ4v) is 10.1. The van der Waals surface area contributed by atoms with Crippen LogP contribution >= 0.6 is 35.2 Å². The second kappa shape index (κ2) is 32.3. The lowest BCUT2D eigenvalue weighted by molar-refractivity contribution is -0.137. The van der Waals surface area contributed by atoms with Crippen molar-refractivity contribution in [1.82, 2.24) is 48.6 Å². The van der Waals surface area contributed by atoms with Crippen molar-refractivity contribution in [1.29, 1.82) is 0 Å². The monoisotopic (exact) mass is 1070 g/mol. The minimum atomic E-state index is -5.57. The number of hydrogen-bond donors (Lipinski definition) is 12. The van der Waals surface area contributed by atoms with Crippen LogP contribution in [0, 0.1) is 5.41 Å². The lowest BCUT2D eigenvalue weighted by Crippen LogP contribution is -2.46. The maximum Gasteiger partial charge on any atom is 0.481 e. The van der Waals surface area contributed by atoms with Gasteiger partial charge in [0, 0.05) is 37.1 Å². The number of aliphatic hydroxyl groups is 2. The van der Waals surface area contributed by atoms with Crippen molar-refractivity contribution in [3.63, 3.8) is 0 Å². The molecular weight excluding hydrogens is 993 g/mol. The van der Waals surface area contributed by atoms with Crippen molar-refractivity contribution in [2.75, 3.05) is 37.8 Å². The van der Waals surface area contributed by atoms with Crippen molar-refractivity contribution in [3.05, 3.63) is 24.8 Å². The van der Waals surface area contributed by atoms with Gasteiger partial charge >= 0.3 is 23.5 Å². The minimum absolute atomic E-state index is 0. The highest BCUT2D eigenvalue weighted by Gasteiger charge is 2.50. The van der Waals surface area contributed by atoms with Gasteiger partial charge in [0.05, 0.1) is 19.5 Å². The molecule has 0 spiro atoms. The minimum Gasteiger partial charge on any atom is -0.386 e. The van der Waals surface area contributed by atoms with Gasteiger partial charge in [0.2, 0.25) is 11.8 Å². The van der Waals surface area contributed by atoms with E-state index < -0.39 is 84.6 Å². The van der Waals surface area contributed by atoms with Crippen LogP contribution in [0.5, 0.6) is 0 Å². The van der Waals surface area contributed by atoms with Gasteiger partial charge in [-0.2, -0.15) is 4.31 Å². The second-order valence-corrected chi connectivity index (χ2v) is 21.7. The summed E-state index contributed by atoms with van der Waals surface area (Å²) in [7, 11) is -16.4. The van der Waals surface area contributed by atoms with Crippen molar-refractivity contribution >= 4 is 69.1 Å². The van der Waals surface area contributed by atoms with E-state index in [2.05, 4.69) is 53.5 Å². The average Bonchev–Trinajstić information content (AvgIpc) is 3.80. The first-order valence-electron chi connectivity index (χ1n) is 21.8. The first-order chi connectivity index (χ1) is 31.1. The quantitative estimate of drug-likeness (QED) is 0.0259. The van der Waals surface area contributed by atoms with E-state index in [4.69, 9.17) is 19.5 Å². The van der Waals surface area contributed by atoms with E-state index in [0.29, 0.717) is 12.2 Å². The Kier molecular flexibility index (Phi) is 31.0. The number of hydrogen-bond acceptors (Lipinski definition) is 21. The Balaban J connectivity index is 0.0000154. The summed E-state index contributed by atoms with van der Waals surface area (Å²) in [6.07, 6.45) is 12.0. The number of imidazole rings is 1. The molecular formula is C38H75N10O17P3S. The number of carbonyl (C=O) groups excluding carboxylic acids is 3. The Hall–Kier alpha value is -2.82. The maximum absolute atomic E-state index is 12.7. The van der Waals surface area contributed by atoms with E-state index >= 15 is 0 Å². The number of nitrogens with one attached hydrogen (secondary N) is 2. The van der Waals surface area contributed by atoms with Crippen LogP contribution in [0.1, 0.15) is 117 Å². The molecule has 2 aromatic rings. The molecule has 0 saturated carbocycles. The normalized spacial score (nSPS) is 19.4. The molecule has 0 aromatic carbocycles. The van der Waals surface area contributed by atoms with E-state index in [-0.39, 0.29) is 60.1 Å². The molecule has 1 aliphatic rings. The molecule has 0 radical (unpaired) electrons. The van der Waals surface area contributed by atoms with Crippen LogP contribution in [0.15, 0.2) is 24.8 Å². The first-order valence-corrected chi connectivity index (χ1v) is 27.3. The van der Waals surface area contributed by atoms with Crippen molar-refractivity contribution in [3.8, 4) is 0 Å². The predicted octanol–water partition coefficient (Wildman–Crippen LogP) is 4.80. The highest BCUT2D eigenvalue weighted by atomic mass is 32.2. The molecule has 0 aliphatic carbocycles. The number of nitrogen functional groups attached to an aromatic ring is 1. The van der Waals surface area contributed by atoms with Gasteiger partial charge < -0.3 is 69.3 Å². The van der Waals surface area contributed by atoms with Crippen molar-refractivity contribution in [2.45, 2.75) is 141 Å². The topological polar surface area (TPSA) is 469 Å². The number of ether oxygens (including phenoxy) is 1. The number of fused-ring (bicyclic) bond motifs is 1. The third-order valence-corrected chi connectivity index (χ3v) is 14.2. The van der Waals surface area contributed by atoms with E-state index in [1.54, 1.807) is 0 Å². The average molecular weight is 1070 g/mol. The van der Waals surface area contributed by atoms with Crippen molar-refractivity contribution < 1.29 is 80.5 Å². The van der Waals surface area contributed by atoms with Crippen LogP contribution in [0.3, 0.4) is 0 Å². The third kappa shape index (κ3) is 24.4. The van der Waals surface area contributed by atoms with Gasteiger partial charge in [-0.1, -0.05) is 89.6 Å². The molecule has 0 bridgehead atoms. The molecule has 2 amide bonds. The highest BCUT2D eigenvalue weighted by Crippen LogP contribution is 2.61. The van der Waals surface area contributed by atoms with Crippen LogP contribution < -0.4 is 34.8 Å². The van der Waals surface area contributed by atoms with E-state index in [1.807, 2.05) is 0 Å². The fraction of sp³-hybridized carbons (Fsp3) is 0.737. The molecule has 1 fully saturated rings. The number of rotatable bonds is 33. The Morgan fingerprint density at radius 3 is 2.13 bits per heavy atom. The van der Waals surface area contributed by atoms with E-state index in [1.165, 1.54) is 58.8 Å². The Morgan fingerprint density at radius 1 is 0.884 bits per heavy atom. The highest BCUT2D eigenvalue weighted by molar-refractivity contribution is 8.13. The first kappa shape index (κ1) is 66.2. The number of anilines is 1.